The number of carbonyl (C=O) groups is 2. The molecule has 0 bridgehead atoms. The first-order valence-electron chi connectivity index (χ1n) is 7.24. The minimum Gasteiger partial charge on any atom is -0.493 e. The normalized spacial score (nSPS) is 10.6. The van der Waals surface area contributed by atoms with E-state index in [1.807, 2.05) is 0 Å². The molecule has 1 aromatic carbocycles. The molecule has 2 aromatic rings. The van der Waals surface area contributed by atoms with Crippen molar-refractivity contribution in [1.82, 2.24) is 0 Å². The third-order valence-electron chi connectivity index (χ3n) is 3.36. The molecule has 0 fully saturated rings. The molecule has 7 nitrogen and oxygen atoms in total. The second-order valence-electron chi connectivity index (χ2n) is 4.81. The fourth-order valence-corrected chi connectivity index (χ4v) is 2.13. The smallest absolute Gasteiger partial charge is 0.373 e. The summed E-state index contributed by atoms with van der Waals surface area (Å²) in [6.07, 6.45) is 2.78. The Morgan fingerprint density at radius 3 is 2.12 bits per heavy atom. The second-order valence-corrected chi connectivity index (χ2v) is 4.81. The molecule has 0 aliphatic rings. The molecule has 132 valence electrons. The minimum atomic E-state index is -0.587. The van der Waals surface area contributed by atoms with Gasteiger partial charge in [-0.2, -0.15) is 0 Å². The van der Waals surface area contributed by atoms with Gasteiger partial charge in [-0.15, -0.1) is 0 Å². The van der Waals surface area contributed by atoms with E-state index in [0.717, 1.165) is 0 Å². The molecule has 0 aliphatic carbocycles. The van der Waals surface area contributed by atoms with Crippen LogP contribution in [0, 0.1) is 0 Å². The number of hydrogen-bond acceptors (Lipinski definition) is 7. The molecule has 0 aliphatic heterocycles. The average molecular weight is 346 g/mol. The number of carbonyl (C=O) groups excluding carboxylic acids is 2. The van der Waals surface area contributed by atoms with E-state index in [9.17, 15) is 9.59 Å². The quantitative estimate of drug-likeness (QED) is 0.433. The van der Waals surface area contributed by atoms with Crippen molar-refractivity contribution >= 4 is 17.8 Å². The van der Waals surface area contributed by atoms with Crippen LogP contribution in [-0.2, 0) is 4.74 Å². The fourth-order valence-electron chi connectivity index (χ4n) is 2.13. The zero-order valence-electron chi connectivity index (χ0n) is 14.3. The van der Waals surface area contributed by atoms with Crippen molar-refractivity contribution in [2.45, 2.75) is 0 Å². The Bertz CT molecular complexity index is 777. The van der Waals surface area contributed by atoms with Crippen LogP contribution in [0.4, 0.5) is 0 Å². The zero-order chi connectivity index (χ0) is 18.4. The Hall–Kier alpha value is -3.22. The van der Waals surface area contributed by atoms with Gasteiger partial charge in [-0.1, -0.05) is 0 Å². The van der Waals surface area contributed by atoms with E-state index in [1.165, 1.54) is 46.7 Å². The summed E-state index contributed by atoms with van der Waals surface area (Å²) in [7, 11) is 5.68. The maximum absolute atomic E-state index is 12.4. The SMILES string of the molecule is COC(=O)c1ccc(/C=C/C(=O)c2cc(OC)c(OC)c(OC)c2)o1. The van der Waals surface area contributed by atoms with Crippen molar-refractivity contribution in [3.8, 4) is 17.2 Å². The van der Waals surface area contributed by atoms with Gasteiger partial charge < -0.3 is 23.4 Å². The van der Waals surface area contributed by atoms with Gasteiger partial charge in [0.2, 0.25) is 11.5 Å². The monoisotopic (exact) mass is 346 g/mol. The predicted octanol–water partition coefficient (Wildman–Crippen LogP) is 2.99. The molecule has 0 saturated carbocycles. The van der Waals surface area contributed by atoms with Crippen LogP contribution in [0.25, 0.3) is 6.08 Å². The molecular formula is C18H18O7. The van der Waals surface area contributed by atoms with Crippen LogP contribution >= 0.6 is 0 Å². The van der Waals surface area contributed by atoms with Crippen LogP contribution in [0.5, 0.6) is 17.2 Å². The summed E-state index contributed by atoms with van der Waals surface area (Å²) in [6.45, 7) is 0. The van der Waals surface area contributed by atoms with E-state index >= 15 is 0 Å². The van der Waals surface area contributed by atoms with E-state index < -0.39 is 5.97 Å². The Morgan fingerprint density at radius 1 is 0.960 bits per heavy atom. The number of methoxy groups -OCH3 is 4. The second kappa shape index (κ2) is 8.05. The standard InChI is InChI=1S/C18H18O7/c1-21-15-9-11(10-16(22-2)17(15)23-3)13(19)7-5-12-6-8-14(25-12)18(20)24-4/h5-10H,1-4H3/b7-5+. The summed E-state index contributed by atoms with van der Waals surface area (Å²) in [6, 6.07) is 6.13. The topological polar surface area (TPSA) is 84.2 Å². The number of esters is 1. The zero-order valence-corrected chi connectivity index (χ0v) is 14.3. The van der Waals surface area contributed by atoms with Gasteiger partial charge in [0, 0.05) is 5.56 Å². The van der Waals surface area contributed by atoms with Crippen LogP contribution in [0.3, 0.4) is 0 Å². The van der Waals surface area contributed by atoms with Crippen LogP contribution < -0.4 is 14.2 Å². The van der Waals surface area contributed by atoms with Gasteiger partial charge in [-0.05, 0) is 36.4 Å². The van der Waals surface area contributed by atoms with E-state index in [0.29, 0.717) is 28.6 Å². The predicted molar refractivity (Wildman–Crippen MR) is 89.5 cm³/mol. The number of hydrogen-bond donors (Lipinski definition) is 0. The van der Waals surface area contributed by atoms with Gasteiger partial charge in [-0.3, -0.25) is 4.79 Å². The van der Waals surface area contributed by atoms with Crippen LogP contribution in [-0.4, -0.2) is 40.2 Å². The lowest BCUT2D eigenvalue weighted by molar-refractivity contribution is 0.0564. The molecule has 0 unspecified atom stereocenters. The maximum Gasteiger partial charge on any atom is 0.373 e. The highest BCUT2D eigenvalue weighted by molar-refractivity contribution is 6.07. The molecule has 1 aromatic heterocycles. The summed E-state index contributed by atoms with van der Waals surface area (Å²) in [4.78, 5) is 23.7. The molecule has 0 amide bonds. The summed E-state index contributed by atoms with van der Waals surface area (Å²) in [5, 5.41) is 0. The summed E-state index contributed by atoms with van der Waals surface area (Å²) >= 11 is 0. The maximum atomic E-state index is 12.4. The molecule has 1 heterocycles. The highest BCUT2D eigenvalue weighted by Gasteiger charge is 2.16. The summed E-state index contributed by atoms with van der Waals surface area (Å²) in [5.41, 5.74) is 0.352. The molecule has 2 rings (SSSR count). The van der Waals surface area contributed by atoms with Gasteiger partial charge >= 0.3 is 5.97 Å². The molecule has 0 N–H and O–H groups in total. The van der Waals surface area contributed by atoms with Gasteiger partial charge in [0.15, 0.2) is 17.3 Å². The average Bonchev–Trinajstić information content (AvgIpc) is 3.13. The number of ether oxygens (including phenoxy) is 4. The van der Waals surface area contributed by atoms with Crippen molar-refractivity contribution in [3.63, 3.8) is 0 Å². The Kier molecular flexibility index (Phi) is 5.84. The van der Waals surface area contributed by atoms with Gasteiger partial charge in [0.1, 0.15) is 5.76 Å². The van der Waals surface area contributed by atoms with Crippen molar-refractivity contribution in [2.75, 3.05) is 28.4 Å². The summed E-state index contributed by atoms with van der Waals surface area (Å²) in [5.74, 6) is 0.683. The lowest BCUT2D eigenvalue weighted by Crippen LogP contribution is -2.00. The number of allylic oxidation sites excluding steroid dienone is 1. The van der Waals surface area contributed by atoms with Crippen LogP contribution in [0.1, 0.15) is 26.7 Å². The van der Waals surface area contributed by atoms with Crippen molar-refractivity contribution in [1.29, 1.82) is 0 Å². The molecule has 0 radical (unpaired) electrons. The van der Waals surface area contributed by atoms with Crippen molar-refractivity contribution < 1.29 is 33.0 Å². The fraction of sp³-hybridized carbons (Fsp3) is 0.222. The minimum absolute atomic E-state index is 0.0578. The number of benzene rings is 1. The van der Waals surface area contributed by atoms with E-state index in [-0.39, 0.29) is 11.5 Å². The highest BCUT2D eigenvalue weighted by atomic mass is 16.5. The first-order chi connectivity index (χ1) is 12.0. The third-order valence-corrected chi connectivity index (χ3v) is 3.36. The van der Waals surface area contributed by atoms with Gasteiger partial charge in [-0.25, -0.2) is 4.79 Å². The van der Waals surface area contributed by atoms with Crippen molar-refractivity contribution in [3.05, 3.63) is 47.4 Å². The van der Waals surface area contributed by atoms with Gasteiger partial charge in [0.05, 0.1) is 28.4 Å². The summed E-state index contributed by atoms with van der Waals surface area (Å²) < 4.78 is 25.5. The first-order valence-corrected chi connectivity index (χ1v) is 7.24. The van der Waals surface area contributed by atoms with Crippen molar-refractivity contribution in [2.24, 2.45) is 0 Å². The van der Waals surface area contributed by atoms with E-state index in [2.05, 4.69) is 4.74 Å². The molecular weight excluding hydrogens is 328 g/mol. The molecule has 0 saturated heterocycles. The van der Waals surface area contributed by atoms with Crippen LogP contribution in [0.15, 0.2) is 34.8 Å². The number of furan rings is 1. The highest BCUT2D eigenvalue weighted by Crippen LogP contribution is 2.38. The van der Waals surface area contributed by atoms with Crippen LogP contribution in [0.2, 0.25) is 0 Å². The first kappa shape index (κ1) is 18.1. The number of rotatable bonds is 7. The Balaban J connectivity index is 2.25. The largest absolute Gasteiger partial charge is 0.493 e. The lowest BCUT2D eigenvalue weighted by atomic mass is 10.1. The Morgan fingerprint density at radius 2 is 1.60 bits per heavy atom. The molecule has 7 heteroatoms. The molecule has 0 atom stereocenters. The van der Waals surface area contributed by atoms with Gasteiger partial charge in [0.25, 0.3) is 0 Å². The third kappa shape index (κ3) is 4.00. The number of ketones is 1. The molecule has 25 heavy (non-hydrogen) atoms. The molecule has 0 spiro atoms. The lowest BCUT2D eigenvalue weighted by Gasteiger charge is -2.13. The Labute approximate surface area is 144 Å². The van der Waals surface area contributed by atoms with E-state index in [1.54, 1.807) is 18.2 Å². The van der Waals surface area contributed by atoms with E-state index in [4.69, 9.17) is 18.6 Å².